The van der Waals surface area contributed by atoms with Gasteiger partial charge in [0.05, 0.1) is 5.69 Å². The molecule has 0 saturated heterocycles. The van der Waals surface area contributed by atoms with E-state index in [2.05, 4.69) is 14.8 Å². The summed E-state index contributed by atoms with van der Waals surface area (Å²) >= 11 is 5.66. The second-order valence-corrected chi connectivity index (χ2v) is 6.16. The summed E-state index contributed by atoms with van der Waals surface area (Å²) in [6.07, 6.45) is 1.53. The molecule has 0 aromatic carbocycles. The Morgan fingerprint density at radius 3 is 2.68 bits per heavy atom. The molecule has 19 heavy (non-hydrogen) atoms. The number of aromatic nitrogens is 3. The van der Waals surface area contributed by atoms with Gasteiger partial charge in [0.15, 0.2) is 5.03 Å². The molecule has 2 rings (SSSR count). The van der Waals surface area contributed by atoms with Gasteiger partial charge in [-0.05, 0) is 24.6 Å². The molecule has 0 amide bonds. The van der Waals surface area contributed by atoms with E-state index in [1.54, 1.807) is 26.1 Å². The fourth-order valence-electron chi connectivity index (χ4n) is 1.60. The van der Waals surface area contributed by atoms with E-state index < -0.39 is 10.0 Å². The first-order valence-electron chi connectivity index (χ1n) is 5.49. The van der Waals surface area contributed by atoms with Gasteiger partial charge in [0.25, 0.3) is 10.0 Å². The Hall–Kier alpha value is -1.44. The summed E-state index contributed by atoms with van der Waals surface area (Å²) in [6.45, 7) is 1.89. The first-order chi connectivity index (χ1) is 8.88. The lowest BCUT2D eigenvalue weighted by Crippen LogP contribution is -2.25. The second-order valence-electron chi connectivity index (χ2n) is 4.06. The van der Waals surface area contributed by atoms with Crippen LogP contribution in [0.4, 0.5) is 0 Å². The van der Waals surface area contributed by atoms with Gasteiger partial charge in [-0.2, -0.15) is 5.10 Å². The molecule has 0 spiro atoms. The van der Waals surface area contributed by atoms with E-state index in [-0.39, 0.29) is 11.6 Å². The topological polar surface area (TPSA) is 76.9 Å². The van der Waals surface area contributed by atoms with Crippen molar-refractivity contribution in [2.45, 2.75) is 18.5 Å². The number of aryl methyl sites for hydroxylation is 2. The maximum Gasteiger partial charge on any atom is 0.258 e. The van der Waals surface area contributed by atoms with E-state index >= 15 is 0 Å². The summed E-state index contributed by atoms with van der Waals surface area (Å²) in [5, 5.41) is 4.51. The Bertz CT molecular complexity index is 679. The zero-order valence-corrected chi connectivity index (χ0v) is 12.0. The van der Waals surface area contributed by atoms with Crippen LogP contribution in [0.1, 0.15) is 11.3 Å². The number of sulfonamides is 1. The first-order valence-corrected chi connectivity index (χ1v) is 7.35. The summed E-state index contributed by atoms with van der Waals surface area (Å²) in [6, 6.07) is 4.84. The third kappa shape index (κ3) is 3.31. The maximum atomic E-state index is 12.1. The normalized spacial score (nSPS) is 11.7. The minimum Gasteiger partial charge on any atom is -0.256 e. The SMILES string of the molecule is Cc1cc(S(=O)(=O)NCc2ccc(Cl)nc2)n(C)n1. The lowest BCUT2D eigenvalue weighted by Gasteiger charge is -2.06. The predicted octanol–water partition coefficient (Wildman–Crippen LogP) is 1.26. The molecule has 0 aliphatic carbocycles. The number of pyridine rings is 1. The van der Waals surface area contributed by atoms with Crippen LogP contribution in [0.3, 0.4) is 0 Å². The number of hydrogen-bond donors (Lipinski definition) is 1. The van der Waals surface area contributed by atoms with Gasteiger partial charge in [-0.3, -0.25) is 4.68 Å². The average Bonchev–Trinajstić information content (AvgIpc) is 2.69. The highest BCUT2D eigenvalue weighted by molar-refractivity contribution is 7.89. The highest BCUT2D eigenvalue weighted by atomic mass is 35.5. The molecule has 2 heterocycles. The molecule has 2 aromatic heterocycles. The van der Waals surface area contributed by atoms with Crippen molar-refractivity contribution in [3.63, 3.8) is 0 Å². The number of nitrogens with zero attached hydrogens (tertiary/aromatic N) is 3. The van der Waals surface area contributed by atoms with Gasteiger partial charge in [0.2, 0.25) is 0 Å². The Labute approximate surface area is 116 Å². The van der Waals surface area contributed by atoms with Gasteiger partial charge < -0.3 is 0 Å². The predicted molar refractivity (Wildman–Crippen MR) is 71.2 cm³/mol. The summed E-state index contributed by atoms with van der Waals surface area (Å²) in [7, 11) is -2.00. The highest BCUT2D eigenvalue weighted by Gasteiger charge is 2.18. The Morgan fingerprint density at radius 1 is 1.42 bits per heavy atom. The van der Waals surface area contributed by atoms with Crippen molar-refractivity contribution >= 4 is 21.6 Å². The Balaban J connectivity index is 2.14. The van der Waals surface area contributed by atoms with Crippen molar-refractivity contribution in [1.29, 1.82) is 0 Å². The summed E-state index contributed by atoms with van der Waals surface area (Å²) < 4.78 is 28.0. The molecule has 0 atom stereocenters. The van der Waals surface area contributed by atoms with Crippen molar-refractivity contribution in [2.75, 3.05) is 0 Å². The van der Waals surface area contributed by atoms with Gasteiger partial charge in [0.1, 0.15) is 5.15 Å². The van der Waals surface area contributed by atoms with Gasteiger partial charge in [-0.25, -0.2) is 18.1 Å². The molecule has 0 aliphatic rings. The zero-order chi connectivity index (χ0) is 14.0. The molecule has 6 nitrogen and oxygen atoms in total. The minimum absolute atomic E-state index is 0.131. The average molecular weight is 301 g/mol. The molecular weight excluding hydrogens is 288 g/mol. The quantitative estimate of drug-likeness (QED) is 0.862. The van der Waals surface area contributed by atoms with Crippen molar-refractivity contribution in [3.8, 4) is 0 Å². The second kappa shape index (κ2) is 5.28. The van der Waals surface area contributed by atoms with E-state index in [4.69, 9.17) is 11.6 Å². The molecular formula is C11H13ClN4O2S. The van der Waals surface area contributed by atoms with E-state index in [9.17, 15) is 8.42 Å². The maximum absolute atomic E-state index is 12.1. The molecule has 0 saturated carbocycles. The number of hydrogen-bond acceptors (Lipinski definition) is 4. The van der Waals surface area contributed by atoms with Crippen molar-refractivity contribution in [2.24, 2.45) is 7.05 Å². The van der Waals surface area contributed by atoms with Crippen LogP contribution in [0, 0.1) is 6.92 Å². The van der Waals surface area contributed by atoms with Crippen molar-refractivity contribution in [3.05, 3.63) is 40.8 Å². The van der Waals surface area contributed by atoms with Crippen LogP contribution >= 0.6 is 11.6 Å². The van der Waals surface area contributed by atoms with Crippen LogP contribution in [-0.4, -0.2) is 23.2 Å². The van der Waals surface area contributed by atoms with Crippen LogP contribution in [-0.2, 0) is 23.6 Å². The van der Waals surface area contributed by atoms with Crippen molar-refractivity contribution in [1.82, 2.24) is 19.5 Å². The van der Waals surface area contributed by atoms with E-state index in [0.717, 1.165) is 5.56 Å². The fourth-order valence-corrected chi connectivity index (χ4v) is 2.93. The Morgan fingerprint density at radius 2 is 2.16 bits per heavy atom. The summed E-state index contributed by atoms with van der Waals surface area (Å²) in [5.74, 6) is 0. The van der Waals surface area contributed by atoms with E-state index in [1.165, 1.54) is 16.9 Å². The minimum atomic E-state index is -3.59. The Kier molecular flexibility index (Phi) is 3.88. The molecule has 102 valence electrons. The third-order valence-corrected chi connectivity index (χ3v) is 4.17. The molecule has 0 bridgehead atoms. The number of rotatable bonds is 4. The molecule has 0 unspecified atom stereocenters. The lowest BCUT2D eigenvalue weighted by molar-refractivity contribution is 0.562. The fraction of sp³-hybridized carbons (Fsp3) is 0.273. The molecule has 8 heteroatoms. The number of nitrogens with one attached hydrogen (secondary N) is 1. The summed E-state index contributed by atoms with van der Waals surface area (Å²) in [5.41, 5.74) is 1.38. The van der Waals surface area contributed by atoms with E-state index in [0.29, 0.717) is 10.8 Å². The molecule has 0 radical (unpaired) electrons. The first kappa shape index (κ1) is 14.0. The highest BCUT2D eigenvalue weighted by Crippen LogP contribution is 2.11. The van der Waals surface area contributed by atoms with Gasteiger partial charge in [-0.1, -0.05) is 17.7 Å². The van der Waals surface area contributed by atoms with Crippen molar-refractivity contribution < 1.29 is 8.42 Å². The largest absolute Gasteiger partial charge is 0.258 e. The monoisotopic (exact) mass is 300 g/mol. The van der Waals surface area contributed by atoms with Crippen LogP contribution in [0.2, 0.25) is 5.15 Å². The zero-order valence-electron chi connectivity index (χ0n) is 10.5. The van der Waals surface area contributed by atoms with Gasteiger partial charge >= 0.3 is 0 Å². The molecule has 2 aromatic rings. The lowest BCUT2D eigenvalue weighted by atomic mass is 10.3. The van der Waals surface area contributed by atoms with Crippen LogP contribution in [0.15, 0.2) is 29.4 Å². The molecule has 1 N–H and O–H groups in total. The molecule has 0 aliphatic heterocycles. The molecule has 0 fully saturated rings. The van der Waals surface area contributed by atoms with Crippen LogP contribution in [0.25, 0.3) is 0 Å². The van der Waals surface area contributed by atoms with E-state index in [1.807, 2.05) is 0 Å². The van der Waals surface area contributed by atoms with Crippen LogP contribution in [0.5, 0.6) is 0 Å². The smallest absolute Gasteiger partial charge is 0.256 e. The van der Waals surface area contributed by atoms with Gasteiger partial charge in [-0.15, -0.1) is 0 Å². The third-order valence-electron chi connectivity index (χ3n) is 2.49. The van der Waals surface area contributed by atoms with Gasteiger partial charge in [0, 0.05) is 19.8 Å². The number of halogens is 1. The van der Waals surface area contributed by atoms with Crippen LogP contribution < -0.4 is 4.72 Å². The standard InChI is InChI=1S/C11H13ClN4O2S/c1-8-5-11(16(2)15-8)19(17,18)14-7-9-3-4-10(12)13-6-9/h3-6,14H,7H2,1-2H3. The summed E-state index contributed by atoms with van der Waals surface area (Å²) in [4.78, 5) is 3.89.